The maximum Gasteiger partial charge on any atom is 0.333 e. The molecule has 0 saturated heterocycles. The van der Waals surface area contributed by atoms with Gasteiger partial charge >= 0.3 is 5.97 Å². The number of ether oxygens (including phenoxy) is 1. The maximum absolute atomic E-state index is 11.7. The summed E-state index contributed by atoms with van der Waals surface area (Å²) in [6.07, 6.45) is 3.14. The zero-order valence-corrected chi connectivity index (χ0v) is 11.3. The van der Waals surface area contributed by atoms with Gasteiger partial charge in [0.05, 0.1) is 12.8 Å². The number of nitrogens with one attached hydrogen (secondary N) is 1. The monoisotopic (exact) mass is 272 g/mol. The van der Waals surface area contributed by atoms with E-state index in [2.05, 4.69) is 10.3 Å². The molecule has 104 valence electrons. The number of anilines is 1. The first kappa shape index (κ1) is 13.9. The van der Waals surface area contributed by atoms with Crippen molar-refractivity contribution in [1.82, 2.24) is 4.98 Å². The molecule has 1 atom stereocenters. The Kier molecular flexibility index (Phi) is 3.89. The summed E-state index contributed by atoms with van der Waals surface area (Å²) in [7, 11) is 1.55. The molecule has 0 aliphatic rings. The molecule has 1 aromatic carbocycles. The third-order valence-electron chi connectivity index (χ3n) is 3.18. The summed E-state index contributed by atoms with van der Waals surface area (Å²) in [5, 5.41) is 12.6. The summed E-state index contributed by atoms with van der Waals surface area (Å²) in [5.74, 6) is -0.386. The van der Waals surface area contributed by atoms with Crippen LogP contribution in [0.2, 0.25) is 0 Å². The van der Waals surface area contributed by atoms with Crippen molar-refractivity contribution in [2.75, 3.05) is 12.4 Å². The highest BCUT2D eigenvalue weighted by atomic mass is 16.5. The van der Waals surface area contributed by atoms with Gasteiger partial charge in [0.1, 0.15) is 5.75 Å². The molecule has 5 nitrogen and oxygen atoms in total. The second-order valence-corrected chi connectivity index (χ2v) is 4.49. The van der Waals surface area contributed by atoms with Gasteiger partial charge in [-0.3, -0.25) is 4.98 Å². The lowest BCUT2D eigenvalue weighted by Gasteiger charge is -2.28. The number of nitrogens with zero attached hydrogens (tertiary/aromatic N) is 1. The number of carboxylic acids is 1. The lowest BCUT2D eigenvalue weighted by molar-refractivity contribution is -0.142. The molecule has 0 aliphatic carbocycles. The van der Waals surface area contributed by atoms with Crippen molar-refractivity contribution in [2.45, 2.75) is 12.5 Å². The topological polar surface area (TPSA) is 71.5 Å². The Morgan fingerprint density at radius 2 is 1.90 bits per heavy atom. The van der Waals surface area contributed by atoms with E-state index in [1.54, 1.807) is 50.7 Å². The molecular weight excluding hydrogens is 256 g/mol. The minimum Gasteiger partial charge on any atom is -0.495 e. The van der Waals surface area contributed by atoms with Crippen LogP contribution in [-0.4, -0.2) is 23.2 Å². The van der Waals surface area contributed by atoms with Crippen LogP contribution in [0.1, 0.15) is 12.5 Å². The number of rotatable bonds is 5. The van der Waals surface area contributed by atoms with Crippen molar-refractivity contribution in [3.8, 4) is 5.75 Å². The predicted octanol–water partition coefficient (Wildman–Crippen LogP) is 2.50. The van der Waals surface area contributed by atoms with Crippen LogP contribution in [0.15, 0.2) is 48.8 Å². The molecule has 2 rings (SSSR count). The normalized spacial score (nSPS) is 13.3. The first-order valence-electron chi connectivity index (χ1n) is 6.13. The molecule has 1 heterocycles. The Morgan fingerprint density at radius 3 is 2.50 bits per heavy atom. The summed E-state index contributed by atoms with van der Waals surface area (Å²) in [6, 6.07) is 10.6. The fourth-order valence-corrected chi connectivity index (χ4v) is 1.95. The second kappa shape index (κ2) is 5.61. The van der Waals surface area contributed by atoms with Crippen LogP contribution < -0.4 is 10.1 Å². The highest BCUT2D eigenvalue weighted by Gasteiger charge is 2.35. The number of benzene rings is 1. The molecule has 5 heteroatoms. The van der Waals surface area contributed by atoms with Gasteiger partial charge in [-0.05, 0) is 36.8 Å². The average Bonchev–Trinajstić information content (AvgIpc) is 2.48. The maximum atomic E-state index is 11.7. The molecule has 1 unspecified atom stereocenters. The SMILES string of the molecule is COc1ccccc1NC(C)(C(=O)O)c1ccncc1. The molecule has 1 aromatic heterocycles. The summed E-state index contributed by atoms with van der Waals surface area (Å²) in [6.45, 7) is 1.61. The van der Waals surface area contributed by atoms with E-state index < -0.39 is 11.5 Å². The number of para-hydroxylation sites is 2. The fourth-order valence-electron chi connectivity index (χ4n) is 1.95. The summed E-state index contributed by atoms with van der Waals surface area (Å²) >= 11 is 0. The van der Waals surface area contributed by atoms with E-state index in [-0.39, 0.29) is 0 Å². The van der Waals surface area contributed by atoms with Gasteiger partial charge in [-0.1, -0.05) is 12.1 Å². The quantitative estimate of drug-likeness (QED) is 0.875. The van der Waals surface area contributed by atoms with Gasteiger partial charge in [-0.25, -0.2) is 4.79 Å². The molecular formula is C15H16N2O3. The molecule has 0 spiro atoms. The zero-order valence-electron chi connectivity index (χ0n) is 11.3. The van der Waals surface area contributed by atoms with Crippen molar-refractivity contribution >= 4 is 11.7 Å². The molecule has 20 heavy (non-hydrogen) atoms. The molecule has 0 aliphatic heterocycles. The summed E-state index contributed by atoms with van der Waals surface area (Å²) in [5.41, 5.74) is -0.0278. The van der Waals surface area contributed by atoms with Crippen molar-refractivity contribution < 1.29 is 14.6 Å². The van der Waals surface area contributed by atoms with E-state index in [9.17, 15) is 9.90 Å². The van der Waals surface area contributed by atoms with Gasteiger partial charge < -0.3 is 15.2 Å². The molecule has 0 bridgehead atoms. The number of hydrogen-bond donors (Lipinski definition) is 2. The highest BCUT2D eigenvalue weighted by molar-refractivity contribution is 5.84. The van der Waals surface area contributed by atoms with Gasteiger partial charge in [-0.2, -0.15) is 0 Å². The van der Waals surface area contributed by atoms with Gasteiger partial charge in [0, 0.05) is 12.4 Å². The van der Waals surface area contributed by atoms with E-state index >= 15 is 0 Å². The predicted molar refractivity (Wildman–Crippen MR) is 75.8 cm³/mol. The van der Waals surface area contributed by atoms with E-state index in [0.29, 0.717) is 17.0 Å². The molecule has 2 aromatic rings. The number of carbonyl (C=O) groups is 1. The Balaban J connectivity index is 2.43. The first-order valence-corrected chi connectivity index (χ1v) is 6.13. The smallest absolute Gasteiger partial charge is 0.333 e. The van der Waals surface area contributed by atoms with Crippen molar-refractivity contribution in [2.24, 2.45) is 0 Å². The number of methoxy groups -OCH3 is 1. The summed E-state index contributed by atoms with van der Waals surface area (Å²) < 4.78 is 5.24. The molecule has 0 saturated carbocycles. The van der Waals surface area contributed by atoms with Gasteiger partial charge in [0.2, 0.25) is 0 Å². The third-order valence-corrected chi connectivity index (χ3v) is 3.18. The zero-order chi connectivity index (χ0) is 14.6. The molecule has 0 amide bonds. The first-order chi connectivity index (χ1) is 9.58. The average molecular weight is 272 g/mol. The number of hydrogen-bond acceptors (Lipinski definition) is 4. The van der Waals surface area contributed by atoms with Crippen molar-refractivity contribution in [3.63, 3.8) is 0 Å². The van der Waals surface area contributed by atoms with Crippen LogP contribution in [0.5, 0.6) is 5.75 Å². The van der Waals surface area contributed by atoms with Crippen LogP contribution in [-0.2, 0) is 10.3 Å². The standard InChI is InChI=1S/C15H16N2O3/c1-15(14(18)19,11-7-9-16-10-8-11)17-12-5-3-4-6-13(12)20-2/h3-10,17H,1-2H3,(H,18,19). The van der Waals surface area contributed by atoms with Gasteiger partial charge in [0.25, 0.3) is 0 Å². The number of aliphatic carboxylic acids is 1. The Labute approximate surface area is 117 Å². The molecule has 0 fully saturated rings. The molecule has 0 radical (unpaired) electrons. The number of pyridine rings is 1. The van der Waals surface area contributed by atoms with Gasteiger partial charge in [-0.15, -0.1) is 0 Å². The minimum absolute atomic E-state index is 0.592. The Bertz CT molecular complexity index is 601. The Hall–Kier alpha value is -2.56. The van der Waals surface area contributed by atoms with Crippen LogP contribution >= 0.6 is 0 Å². The van der Waals surface area contributed by atoms with Crippen molar-refractivity contribution in [1.29, 1.82) is 0 Å². The molecule has 2 N–H and O–H groups in total. The fraction of sp³-hybridized carbons (Fsp3) is 0.200. The van der Waals surface area contributed by atoms with E-state index in [4.69, 9.17) is 4.74 Å². The van der Waals surface area contributed by atoms with E-state index in [0.717, 1.165) is 0 Å². The van der Waals surface area contributed by atoms with Gasteiger partial charge in [0.15, 0.2) is 5.54 Å². The van der Waals surface area contributed by atoms with E-state index in [1.165, 1.54) is 0 Å². The number of carboxylic acid groups (broad SMARTS) is 1. The van der Waals surface area contributed by atoms with E-state index in [1.807, 2.05) is 12.1 Å². The third kappa shape index (κ3) is 2.56. The largest absolute Gasteiger partial charge is 0.495 e. The van der Waals surface area contributed by atoms with Crippen LogP contribution in [0.4, 0.5) is 5.69 Å². The minimum atomic E-state index is -1.27. The number of aromatic nitrogens is 1. The van der Waals surface area contributed by atoms with Crippen LogP contribution in [0.3, 0.4) is 0 Å². The second-order valence-electron chi connectivity index (χ2n) is 4.49. The highest BCUT2D eigenvalue weighted by Crippen LogP contribution is 2.31. The Morgan fingerprint density at radius 1 is 1.25 bits per heavy atom. The lowest BCUT2D eigenvalue weighted by Crippen LogP contribution is -2.40. The van der Waals surface area contributed by atoms with Crippen molar-refractivity contribution in [3.05, 3.63) is 54.4 Å². The lowest BCUT2D eigenvalue weighted by atomic mass is 9.92. The summed E-state index contributed by atoms with van der Waals surface area (Å²) in [4.78, 5) is 15.6. The van der Waals surface area contributed by atoms with Crippen LogP contribution in [0.25, 0.3) is 0 Å². The van der Waals surface area contributed by atoms with Crippen LogP contribution in [0, 0.1) is 0 Å².